The molecular weight excluding hydrogens is 428 g/mol. The van der Waals surface area contributed by atoms with E-state index in [1.54, 1.807) is 48.5 Å². The number of hydrogen-bond donors (Lipinski definition) is 2. The first-order chi connectivity index (χ1) is 16.5. The van der Waals surface area contributed by atoms with E-state index < -0.39 is 5.91 Å². The molecule has 3 aromatic carbocycles. The van der Waals surface area contributed by atoms with Crippen LogP contribution in [0.1, 0.15) is 46.3 Å². The Kier molecular flexibility index (Phi) is 6.82. The van der Waals surface area contributed by atoms with Gasteiger partial charge < -0.3 is 10.6 Å². The van der Waals surface area contributed by atoms with E-state index >= 15 is 0 Å². The number of hydrogen-bond acceptors (Lipinski definition) is 4. The number of anilines is 1. The number of carbonyl (C=O) groups excluding carboxylic acids is 2. The maximum atomic E-state index is 13.3. The lowest BCUT2D eigenvalue weighted by atomic mass is 10.1. The summed E-state index contributed by atoms with van der Waals surface area (Å²) >= 11 is 0. The molecule has 0 saturated carbocycles. The Balaban J connectivity index is 1.58. The average Bonchev–Trinajstić information content (AvgIpc) is 2.85. The van der Waals surface area contributed by atoms with Gasteiger partial charge in [0.05, 0.1) is 22.7 Å². The Labute approximate surface area is 197 Å². The molecule has 2 amide bonds. The van der Waals surface area contributed by atoms with Gasteiger partial charge in [-0.05, 0) is 44.0 Å². The number of carbonyl (C=O) groups is 2. The number of nitrogens with one attached hydrogen (secondary N) is 2. The first-order valence-corrected chi connectivity index (χ1v) is 11.2. The molecule has 34 heavy (non-hydrogen) atoms. The van der Waals surface area contributed by atoms with Crippen LogP contribution < -0.4 is 16.2 Å². The van der Waals surface area contributed by atoms with E-state index in [4.69, 9.17) is 0 Å². The van der Waals surface area contributed by atoms with E-state index in [9.17, 15) is 14.4 Å². The van der Waals surface area contributed by atoms with Crippen molar-refractivity contribution in [3.05, 3.63) is 106 Å². The minimum atomic E-state index is -0.491. The average molecular weight is 455 g/mol. The number of aromatic nitrogens is 2. The third-order valence-corrected chi connectivity index (χ3v) is 5.49. The van der Waals surface area contributed by atoms with Crippen LogP contribution in [0.5, 0.6) is 0 Å². The Morgan fingerprint density at radius 2 is 1.50 bits per heavy atom. The van der Waals surface area contributed by atoms with E-state index in [2.05, 4.69) is 15.7 Å². The van der Waals surface area contributed by atoms with Crippen LogP contribution in [0.2, 0.25) is 0 Å². The van der Waals surface area contributed by atoms with Gasteiger partial charge in [0.2, 0.25) is 0 Å². The van der Waals surface area contributed by atoms with Crippen LogP contribution in [-0.4, -0.2) is 28.1 Å². The van der Waals surface area contributed by atoms with E-state index in [0.717, 1.165) is 5.56 Å². The van der Waals surface area contributed by atoms with Crippen LogP contribution in [0, 0.1) is 0 Å². The van der Waals surface area contributed by atoms with Crippen molar-refractivity contribution >= 4 is 28.3 Å². The predicted octanol–water partition coefficient (Wildman–Crippen LogP) is 4.20. The number of fused-ring (bicyclic) bond motifs is 1. The third-order valence-electron chi connectivity index (χ3n) is 5.49. The molecule has 172 valence electrons. The van der Waals surface area contributed by atoms with Crippen molar-refractivity contribution in [1.82, 2.24) is 15.1 Å². The minimum absolute atomic E-state index is 0.128. The standard InChI is InChI=1S/C27H26N4O3/c1-18(2)31-27(34)21-13-7-6-12-20(21)24(30-31)26(33)29-23-15-9-8-14-22(23)25(32)28-17-16-19-10-4-3-5-11-19/h3-15,18H,16-17H2,1-2H3,(H,28,32)(H,29,33). The summed E-state index contributed by atoms with van der Waals surface area (Å²) in [6.45, 7) is 4.14. The number of para-hydroxylation sites is 1. The fourth-order valence-electron chi connectivity index (χ4n) is 3.76. The Bertz CT molecular complexity index is 1390. The smallest absolute Gasteiger partial charge is 0.276 e. The van der Waals surface area contributed by atoms with Crippen molar-refractivity contribution in [3.63, 3.8) is 0 Å². The molecule has 0 unspecified atom stereocenters. The Morgan fingerprint density at radius 1 is 0.853 bits per heavy atom. The molecule has 0 atom stereocenters. The number of rotatable bonds is 7. The highest BCUT2D eigenvalue weighted by Crippen LogP contribution is 2.19. The van der Waals surface area contributed by atoms with Crippen LogP contribution in [0.25, 0.3) is 10.8 Å². The van der Waals surface area contributed by atoms with Crippen LogP contribution in [-0.2, 0) is 6.42 Å². The second kappa shape index (κ2) is 10.1. The molecule has 4 aromatic rings. The SMILES string of the molecule is CC(C)n1nc(C(=O)Nc2ccccc2C(=O)NCCc2ccccc2)c2ccccc2c1=O. The van der Waals surface area contributed by atoms with Gasteiger partial charge in [0, 0.05) is 11.9 Å². The van der Waals surface area contributed by atoms with E-state index in [1.165, 1.54) is 4.68 Å². The lowest BCUT2D eigenvalue weighted by molar-refractivity contribution is 0.0955. The lowest BCUT2D eigenvalue weighted by Crippen LogP contribution is -2.30. The molecule has 0 saturated heterocycles. The summed E-state index contributed by atoms with van der Waals surface area (Å²) in [7, 11) is 0. The second-order valence-corrected chi connectivity index (χ2v) is 8.23. The predicted molar refractivity (Wildman–Crippen MR) is 133 cm³/mol. The highest BCUT2D eigenvalue weighted by Gasteiger charge is 2.20. The molecule has 4 rings (SSSR count). The van der Waals surface area contributed by atoms with Gasteiger partial charge in [-0.2, -0.15) is 5.10 Å². The van der Waals surface area contributed by atoms with Crippen LogP contribution in [0.4, 0.5) is 5.69 Å². The molecule has 7 nitrogen and oxygen atoms in total. The van der Waals surface area contributed by atoms with Gasteiger partial charge in [-0.1, -0.05) is 60.7 Å². The molecule has 1 aromatic heterocycles. The maximum Gasteiger partial charge on any atom is 0.276 e. The fourth-order valence-corrected chi connectivity index (χ4v) is 3.76. The molecule has 0 aliphatic heterocycles. The number of nitrogens with zero attached hydrogens (tertiary/aromatic N) is 2. The highest BCUT2D eigenvalue weighted by molar-refractivity contribution is 6.13. The van der Waals surface area contributed by atoms with E-state index in [1.807, 2.05) is 44.2 Å². The first kappa shape index (κ1) is 22.9. The minimum Gasteiger partial charge on any atom is -0.352 e. The van der Waals surface area contributed by atoms with E-state index in [-0.39, 0.29) is 23.2 Å². The van der Waals surface area contributed by atoms with Crippen molar-refractivity contribution in [2.45, 2.75) is 26.3 Å². The number of amides is 2. The zero-order valence-corrected chi connectivity index (χ0v) is 19.1. The summed E-state index contributed by atoms with van der Waals surface area (Å²) in [5.74, 6) is -0.771. The second-order valence-electron chi connectivity index (χ2n) is 8.23. The molecule has 0 aliphatic rings. The van der Waals surface area contributed by atoms with E-state index in [0.29, 0.717) is 35.0 Å². The van der Waals surface area contributed by atoms with Crippen LogP contribution in [0.3, 0.4) is 0 Å². The Hall–Kier alpha value is -4.26. The van der Waals surface area contributed by atoms with Gasteiger partial charge in [-0.15, -0.1) is 0 Å². The molecular formula is C27H26N4O3. The third kappa shape index (κ3) is 4.88. The molecule has 7 heteroatoms. The van der Waals surface area contributed by atoms with Crippen LogP contribution in [0.15, 0.2) is 83.7 Å². The molecule has 0 fully saturated rings. The summed E-state index contributed by atoms with van der Waals surface area (Å²) in [5.41, 5.74) is 1.73. The number of benzene rings is 3. The lowest BCUT2D eigenvalue weighted by Gasteiger charge is -2.15. The van der Waals surface area contributed by atoms with Crippen molar-refractivity contribution in [2.75, 3.05) is 11.9 Å². The molecule has 0 bridgehead atoms. The molecule has 0 aliphatic carbocycles. The summed E-state index contributed by atoms with van der Waals surface area (Å²) in [5, 5.41) is 11.0. The molecule has 0 radical (unpaired) electrons. The largest absolute Gasteiger partial charge is 0.352 e. The Morgan fingerprint density at radius 3 is 2.24 bits per heavy atom. The zero-order chi connectivity index (χ0) is 24.1. The van der Waals surface area contributed by atoms with Crippen molar-refractivity contribution in [2.24, 2.45) is 0 Å². The first-order valence-electron chi connectivity index (χ1n) is 11.2. The quantitative estimate of drug-likeness (QED) is 0.438. The normalized spacial score (nSPS) is 10.9. The topological polar surface area (TPSA) is 93.1 Å². The van der Waals surface area contributed by atoms with Crippen molar-refractivity contribution < 1.29 is 9.59 Å². The summed E-state index contributed by atoms with van der Waals surface area (Å²) in [6, 6.07) is 23.4. The van der Waals surface area contributed by atoms with Gasteiger partial charge in [0.25, 0.3) is 17.4 Å². The monoisotopic (exact) mass is 454 g/mol. The van der Waals surface area contributed by atoms with Crippen molar-refractivity contribution in [1.29, 1.82) is 0 Å². The van der Waals surface area contributed by atoms with Gasteiger partial charge >= 0.3 is 0 Å². The maximum absolute atomic E-state index is 13.3. The highest BCUT2D eigenvalue weighted by atomic mass is 16.2. The fraction of sp³-hybridized carbons (Fsp3) is 0.185. The molecule has 2 N–H and O–H groups in total. The van der Waals surface area contributed by atoms with Crippen LogP contribution >= 0.6 is 0 Å². The zero-order valence-electron chi connectivity index (χ0n) is 19.1. The van der Waals surface area contributed by atoms with Gasteiger partial charge in [0.1, 0.15) is 0 Å². The van der Waals surface area contributed by atoms with Gasteiger partial charge in [0.15, 0.2) is 5.69 Å². The molecule has 0 spiro atoms. The van der Waals surface area contributed by atoms with Crippen molar-refractivity contribution in [3.8, 4) is 0 Å². The molecule has 1 heterocycles. The van der Waals surface area contributed by atoms with Gasteiger partial charge in [-0.25, -0.2) is 4.68 Å². The van der Waals surface area contributed by atoms with Gasteiger partial charge in [-0.3, -0.25) is 14.4 Å². The summed E-state index contributed by atoms with van der Waals surface area (Å²) in [4.78, 5) is 38.9. The summed E-state index contributed by atoms with van der Waals surface area (Å²) in [6.07, 6.45) is 0.702. The summed E-state index contributed by atoms with van der Waals surface area (Å²) < 4.78 is 1.31.